The van der Waals surface area contributed by atoms with Gasteiger partial charge in [0.2, 0.25) is 0 Å². The van der Waals surface area contributed by atoms with Gasteiger partial charge in [-0.15, -0.1) is 6.07 Å². The predicted molar refractivity (Wildman–Crippen MR) is 41.1 cm³/mol. The molecule has 0 aliphatic rings. The molecule has 0 heterocycles. The fourth-order valence-electron chi connectivity index (χ4n) is 0.584. The van der Waals surface area contributed by atoms with Crippen LogP contribution in [0.4, 0.5) is 4.39 Å². The van der Waals surface area contributed by atoms with Gasteiger partial charge in [0, 0.05) is 5.82 Å². The summed E-state index contributed by atoms with van der Waals surface area (Å²) >= 11 is 4.25. The Balaban J connectivity index is 0.000000561. The topological polar surface area (TPSA) is 37.3 Å². The van der Waals surface area contributed by atoms with Crippen molar-refractivity contribution in [3.8, 4) is 0 Å². The van der Waals surface area contributed by atoms with Crippen molar-refractivity contribution in [3.63, 3.8) is 0 Å². The number of carboxylic acid groups (broad SMARTS) is 1. The third kappa shape index (κ3) is 3.41. The van der Waals surface area contributed by atoms with Gasteiger partial charge in [0.25, 0.3) is 0 Å². The van der Waals surface area contributed by atoms with Crippen LogP contribution in [0.2, 0.25) is 0 Å². The summed E-state index contributed by atoms with van der Waals surface area (Å²) in [5.41, 5.74) is -0.321. The van der Waals surface area contributed by atoms with Gasteiger partial charge in [-0.3, -0.25) is 4.39 Å². The van der Waals surface area contributed by atoms with Gasteiger partial charge in [0.15, 0.2) is 0 Å². The normalized spacial score (nSPS) is 8.33. The van der Waals surface area contributed by atoms with Crippen molar-refractivity contribution in [3.05, 3.63) is 35.6 Å². The Morgan fingerprint density at radius 2 is 2.25 bits per heavy atom. The molecule has 12 heavy (non-hydrogen) atoms. The summed E-state index contributed by atoms with van der Waals surface area (Å²) in [4.78, 5) is 10.2. The molecular formula is C7H4BrFO2Zn. The second-order valence-electron chi connectivity index (χ2n) is 1.71. The van der Waals surface area contributed by atoms with E-state index < -0.39 is 11.8 Å². The second kappa shape index (κ2) is 6.26. The molecule has 1 aromatic carbocycles. The molecule has 0 fully saturated rings. The molecule has 1 rings (SSSR count). The van der Waals surface area contributed by atoms with Crippen LogP contribution in [0, 0.1) is 11.9 Å². The van der Waals surface area contributed by atoms with Crippen molar-refractivity contribution in [2.75, 3.05) is 0 Å². The fraction of sp³-hybridized carbons (Fsp3) is 0. The average molecular weight is 284 g/mol. The first kappa shape index (κ1) is 11.7. The maximum atomic E-state index is 12.4. The van der Waals surface area contributed by atoms with E-state index in [0.29, 0.717) is 0 Å². The van der Waals surface area contributed by atoms with Crippen molar-refractivity contribution < 1.29 is 30.6 Å². The van der Waals surface area contributed by atoms with Crippen LogP contribution in [-0.2, 0) is 16.3 Å². The standard InChI is InChI=1S/C7H4FO2.BrH.Zn/c8-6-4-2-1-3-5(6)7(9)10;;/h1,3-4H,(H,9,10);1H;/q-1;;+2/p-1. The van der Waals surface area contributed by atoms with Crippen LogP contribution in [0.25, 0.3) is 0 Å². The number of aromatic carboxylic acids is 1. The molecule has 1 N–H and O–H groups in total. The Morgan fingerprint density at radius 3 is 2.58 bits per heavy atom. The van der Waals surface area contributed by atoms with Gasteiger partial charge in [0.05, 0.1) is 0 Å². The van der Waals surface area contributed by atoms with Gasteiger partial charge in [-0.1, -0.05) is 0 Å². The first-order valence-corrected chi connectivity index (χ1v) is 9.82. The van der Waals surface area contributed by atoms with Crippen LogP contribution in [0.1, 0.15) is 10.4 Å². The van der Waals surface area contributed by atoms with Gasteiger partial charge in [0.1, 0.15) is 0 Å². The first-order valence-electron chi connectivity index (χ1n) is 2.87. The third-order valence-electron chi connectivity index (χ3n) is 1.04. The molecule has 0 saturated carbocycles. The first-order chi connectivity index (χ1) is 5.72. The zero-order valence-electron chi connectivity index (χ0n) is 6.05. The Hall–Kier alpha value is -0.277. The van der Waals surface area contributed by atoms with Crippen molar-refractivity contribution >= 4 is 19.6 Å². The molecule has 0 aliphatic carbocycles. The molecular weight excluding hydrogens is 280 g/mol. The monoisotopic (exact) mass is 282 g/mol. The Kier molecular flexibility index (Phi) is 6.12. The Morgan fingerprint density at radius 1 is 1.67 bits per heavy atom. The van der Waals surface area contributed by atoms with Crippen LogP contribution < -0.4 is 0 Å². The SMILES string of the molecule is O=C(O)c1cc[c-]cc1F.[Zn+][Br]. The summed E-state index contributed by atoms with van der Waals surface area (Å²) in [6, 6.07) is 5.93. The minimum atomic E-state index is -1.26. The van der Waals surface area contributed by atoms with Crippen LogP contribution in [0.3, 0.4) is 0 Å². The predicted octanol–water partition coefficient (Wildman–Crippen LogP) is 2.17. The van der Waals surface area contributed by atoms with E-state index in [2.05, 4.69) is 19.7 Å². The average Bonchev–Trinajstić information content (AvgIpc) is 2.08. The molecule has 0 aromatic heterocycles. The van der Waals surface area contributed by atoms with Crippen LogP contribution in [0.5, 0.6) is 0 Å². The van der Waals surface area contributed by atoms with E-state index in [1.54, 1.807) is 0 Å². The summed E-state index contributed by atoms with van der Waals surface area (Å²) in [5, 5.41) is 8.31. The number of halogens is 2. The molecule has 1 aromatic rings. The number of hydrogen-bond donors (Lipinski definition) is 1. The van der Waals surface area contributed by atoms with Gasteiger partial charge >= 0.3 is 35.9 Å². The molecule has 0 spiro atoms. The van der Waals surface area contributed by atoms with E-state index in [1.165, 1.54) is 22.4 Å². The molecule has 0 aliphatic heterocycles. The second-order valence-corrected chi connectivity index (χ2v) is 1.71. The summed E-state index contributed by atoms with van der Waals surface area (Å²) in [5.74, 6) is -2.01. The Bertz CT molecular complexity index is 267. The van der Waals surface area contributed by atoms with Crippen LogP contribution in [0.15, 0.2) is 18.2 Å². The molecule has 0 amide bonds. The van der Waals surface area contributed by atoms with Gasteiger partial charge in [-0.05, 0) is 5.56 Å². The van der Waals surface area contributed by atoms with E-state index in [9.17, 15) is 9.18 Å². The summed E-state index contributed by atoms with van der Waals surface area (Å²) in [6.45, 7) is 0. The quantitative estimate of drug-likeness (QED) is 0.634. The molecule has 0 unspecified atom stereocenters. The van der Waals surface area contributed by atoms with Crippen LogP contribution >= 0.6 is 13.6 Å². The zero-order valence-corrected chi connectivity index (χ0v) is 10.6. The molecule has 0 saturated heterocycles. The number of rotatable bonds is 1. The van der Waals surface area contributed by atoms with E-state index in [0.717, 1.165) is 12.1 Å². The van der Waals surface area contributed by atoms with Crippen molar-refractivity contribution in [2.24, 2.45) is 0 Å². The maximum absolute atomic E-state index is 12.4. The Labute approximate surface area is 85.8 Å². The van der Waals surface area contributed by atoms with Crippen LogP contribution in [-0.4, -0.2) is 11.1 Å². The molecule has 0 bridgehead atoms. The molecule has 5 heteroatoms. The van der Waals surface area contributed by atoms with E-state index in [1.807, 2.05) is 0 Å². The van der Waals surface area contributed by atoms with Gasteiger partial charge in [-0.2, -0.15) is 18.2 Å². The number of hydrogen-bond acceptors (Lipinski definition) is 1. The van der Waals surface area contributed by atoms with Gasteiger partial charge < -0.3 is 5.11 Å². The molecule has 0 atom stereocenters. The molecule has 0 radical (unpaired) electrons. The van der Waals surface area contributed by atoms with Crippen molar-refractivity contribution in [1.29, 1.82) is 0 Å². The zero-order chi connectivity index (χ0) is 9.56. The number of carbonyl (C=O) groups is 1. The molecule has 2 nitrogen and oxygen atoms in total. The van der Waals surface area contributed by atoms with E-state index >= 15 is 0 Å². The summed E-state index contributed by atoms with van der Waals surface area (Å²) < 4.78 is 12.4. The number of benzene rings is 1. The van der Waals surface area contributed by atoms with Crippen molar-refractivity contribution in [2.45, 2.75) is 0 Å². The summed E-state index contributed by atoms with van der Waals surface area (Å²) in [6.07, 6.45) is 0. The fourth-order valence-corrected chi connectivity index (χ4v) is 0.584. The minimum absolute atomic E-state index is 0.321. The summed E-state index contributed by atoms with van der Waals surface area (Å²) in [7, 11) is 0. The molecule has 60 valence electrons. The van der Waals surface area contributed by atoms with Crippen molar-refractivity contribution in [1.82, 2.24) is 0 Å². The van der Waals surface area contributed by atoms with Gasteiger partial charge in [-0.25, -0.2) is 4.79 Å². The third-order valence-corrected chi connectivity index (χ3v) is 1.04. The van der Waals surface area contributed by atoms with E-state index in [4.69, 9.17) is 5.11 Å². The van der Waals surface area contributed by atoms with E-state index in [-0.39, 0.29) is 5.56 Å². The number of carboxylic acids is 1.